The van der Waals surface area contributed by atoms with Crippen LogP contribution < -0.4 is 15.4 Å². The summed E-state index contributed by atoms with van der Waals surface area (Å²) in [6.07, 6.45) is 14.9. The van der Waals surface area contributed by atoms with Crippen molar-refractivity contribution in [1.29, 1.82) is 0 Å². The fourth-order valence-electron chi connectivity index (χ4n) is 7.50. The molecule has 1 fully saturated rings. The summed E-state index contributed by atoms with van der Waals surface area (Å²) in [4.78, 5) is 47.8. The highest BCUT2D eigenvalue weighted by molar-refractivity contribution is 8.00. The monoisotopic (exact) mass is 827 g/mol. The van der Waals surface area contributed by atoms with Gasteiger partial charge in [-0.15, -0.1) is 10.2 Å². The number of aliphatic carboxylic acids is 1. The van der Waals surface area contributed by atoms with Crippen LogP contribution in [0.3, 0.4) is 0 Å². The van der Waals surface area contributed by atoms with Gasteiger partial charge in [-0.05, 0) is 50.0 Å². The van der Waals surface area contributed by atoms with Gasteiger partial charge in [0.2, 0.25) is 11.0 Å². The summed E-state index contributed by atoms with van der Waals surface area (Å²) in [6.45, 7) is 3.62. The van der Waals surface area contributed by atoms with E-state index in [4.69, 9.17) is 14.6 Å². The smallest absolute Gasteiger partial charge is 0.303 e. The highest BCUT2D eigenvalue weighted by atomic mass is 32.2. The second kappa shape index (κ2) is 21.9. The molecular weight excluding hydrogens is 775 g/mol. The van der Waals surface area contributed by atoms with Gasteiger partial charge in [-0.3, -0.25) is 24.5 Å². The van der Waals surface area contributed by atoms with E-state index in [-0.39, 0.29) is 76.4 Å². The molecule has 2 atom stereocenters. The lowest BCUT2D eigenvalue weighted by Crippen LogP contribution is -2.26. The summed E-state index contributed by atoms with van der Waals surface area (Å²) in [5.74, 6) is -2.72. The van der Waals surface area contributed by atoms with Crippen molar-refractivity contribution in [3.63, 3.8) is 0 Å². The number of hydrogen-bond acceptors (Lipinski definition) is 13. The normalized spacial score (nSPS) is 15.4. The standard InChI is InChI=1S/C40H53N5O10S2/c1-2-3-4-5-6-7-8-9-10-11-20-54-21-12-19-41-38(51)34-35(49)32-25-13-14-26(22-25)33(32)36(50)37(34)55-29-16-15-28(45(52)53)23-27(29)24-56-40-44-43-39(57-40)42-30(46)17-18-31(47)48/h15-16,23,25-26,49-50H,2-14,17-22,24H2,1H3,(H,41,51)(H,47,48)(H,42,43,46). The summed E-state index contributed by atoms with van der Waals surface area (Å²) in [5, 5.41) is 57.4. The number of anilines is 1. The van der Waals surface area contributed by atoms with E-state index in [1.54, 1.807) is 0 Å². The molecule has 1 saturated carbocycles. The third-order valence-corrected chi connectivity index (χ3v) is 12.4. The number of nitrogens with one attached hydrogen (secondary N) is 2. The quantitative estimate of drug-likeness (QED) is 0.0127. The summed E-state index contributed by atoms with van der Waals surface area (Å²) in [5.41, 5.74) is 1.06. The number of rotatable bonds is 26. The fraction of sp³-hybridized carbons (Fsp3) is 0.575. The summed E-state index contributed by atoms with van der Waals surface area (Å²) < 4.78 is 12.5. The second-order valence-electron chi connectivity index (χ2n) is 14.6. The van der Waals surface area contributed by atoms with Gasteiger partial charge in [0.05, 0.1) is 11.3 Å². The Morgan fingerprint density at radius 1 is 0.930 bits per heavy atom. The minimum Gasteiger partial charge on any atom is -0.507 e. The number of carboxylic acids is 1. The molecule has 310 valence electrons. The molecular formula is C40H53N5O10S2. The molecule has 2 bridgehead atoms. The van der Waals surface area contributed by atoms with Crippen molar-refractivity contribution < 1.29 is 44.1 Å². The maximum Gasteiger partial charge on any atom is 0.303 e. The number of aromatic nitrogens is 2. The van der Waals surface area contributed by atoms with E-state index >= 15 is 0 Å². The van der Waals surface area contributed by atoms with Gasteiger partial charge in [-0.1, -0.05) is 87.8 Å². The average Bonchev–Trinajstić information content (AvgIpc) is 3.94. The molecule has 0 radical (unpaired) electrons. The Bertz CT molecular complexity index is 1870. The number of hydrogen-bond donors (Lipinski definition) is 5. The SMILES string of the molecule is CCCCCCCCCCCCOCCCNC(=O)c1c(O)c2c(c(O)c1Oc1ccc([N+](=O)[O-])cc1CSc1nnc(NC(=O)CCC(=O)O)s1)C1CCC2C1. The first kappa shape index (κ1) is 43.6. The van der Waals surface area contributed by atoms with Crippen LogP contribution in [0.4, 0.5) is 10.8 Å². The summed E-state index contributed by atoms with van der Waals surface area (Å²) >= 11 is 2.19. The molecule has 0 spiro atoms. The molecule has 1 heterocycles. The maximum atomic E-state index is 13.8. The van der Waals surface area contributed by atoms with Crippen molar-refractivity contribution in [2.75, 3.05) is 25.1 Å². The lowest BCUT2D eigenvalue weighted by Gasteiger charge is -2.24. The van der Waals surface area contributed by atoms with Gasteiger partial charge in [0.15, 0.2) is 15.8 Å². The number of aromatic hydroxyl groups is 2. The predicted molar refractivity (Wildman–Crippen MR) is 217 cm³/mol. The number of thioether (sulfide) groups is 1. The van der Waals surface area contributed by atoms with Crippen LogP contribution in [0.15, 0.2) is 22.5 Å². The van der Waals surface area contributed by atoms with Crippen molar-refractivity contribution in [3.05, 3.63) is 50.6 Å². The molecule has 5 N–H and O–H groups in total. The molecule has 2 unspecified atom stereocenters. The number of carbonyl (C=O) groups is 3. The zero-order chi connectivity index (χ0) is 40.7. The van der Waals surface area contributed by atoms with E-state index < -0.39 is 22.7 Å². The molecule has 2 aliphatic rings. The van der Waals surface area contributed by atoms with Gasteiger partial charge < -0.3 is 35.4 Å². The van der Waals surface area contributed by atoms with E-state index in [0.717, 1.165) is 55.2 Å². The Labute approximate surface area is 340 Å². The lowest BCUT2D eigenvalue weighted by atomic mass is 9.87. The third-order valence-electron chi connectivity index (χ3n) is 10.4. The Kier molecular flexibility index (Phi) is 16.8. The highest BCUT2D eigenvalue weighted by Gasteiger charge is 2.44. The van der Waals surface area contributed by atoms with Gasteiger partial charge in [0.1, 0.15) is 17.1 Å². The number of unbranched alkanes of at least 4 members (excludes halogenated alkanes) is 9. The largest absolute Gasteiger partial charge is 0.507 e. The second-order valence-corrected chi connectivity index (χ2v) is 16.8. The minimum absolute atomic E-state index is 0.00571. The third kappa shape index (κ3) is 12.3. The minimum atomic E-state index is -1.10. The zero-order valence-corrected chi connectivity index (χ0v) is 34.0. The molecule has 0 saturated heterocycles. The Morgan fingerprint density at radius 2 is 1.60 bits per heavy atom. The van der Waals surface area contributed by atoms with Crippen LogP contribution in [0, 0.1) is 10.1 Å². The lowest BCUT2D eigenvalue weighted by molar-refractivity contribution is -0.384. The number of nitrogens with zero attached hydrogens (tertiary/aromatic N) is 3. The van der Waals surface area contributed by atoms with E-state index in [1.165, 1.54) is 69.6 Å². The Hall–Kier alpha value is -4.48. The first-order valence-corrected chi connectivity index (χ1v) is 21.8. The van der Waals surface area contributed by atoms with E-state index in [9.17, 15) is 34.7 Å². The van der Waals surface area contributed by atoms with Crippen LogP contribution in [0.2, 0.25) is 0 Å². The van der Waals surface area contributed by atoms with Gasteiger partial charge in [-0.25, -0.2) is 0 Å². The average molecular weight is 828 g/mol. The number of nitro groups is 1. The molecule has 17 heteroatoms. The first-order valence-electron chi connectivity index (χ1n) is 20.0. The highest BCUT2D eigenvalue weighted by Crippen LogP contribution is 2.62. The van der Waals surface area contributed by atoms with Crippen LogP contribution in [0.1, 0.15) is 149 Å². The number of carboxylic acid groups (broad SMARTS) is 1. The molecule has 2 amide bonds. The Morgan fingerprint density at radius 3 is 2.28 bits per heavy atom. The van der Waals surface area contributed by atoms with E-state index in [0.29, 0.717) is 40.7 Å². The number of amides is 2. The summed E-state index contributed by atoms with van der Waals surface area (Å²) in [7, 11) is 0. The fourth-order valence-corrected chi connectivity index (χ4v) is 9.25. The molecule has 3 aromatic rings. The topological polar surface area (TPSA) is 223 Å². The van der Waals surface area contributed by atoms with Crippen LogP contribution in [-0.2, 0) is 20.1 Å². The number of nitro benzene ring substituents is 1. The molecule has 2 aliphatic carbocycles. The molecule has 1 aromatic heterocycles. The van der Waals surface area contributed by atoms with Crippen LogP contribution >= 0.6 is 23.1 Å². The van der Waals surface area contributed by atoms with Crippen LogP contribution in [0.5, 0.6) is 23.0 Å². The number of phenols is 2. The zero-order valence-electron chi connectivity index (χ0n) is 32.4. The Balaban J connectivity index is 1.22. The van der Waals surface area contributed by atoms with Crippen LogP contribution in [0.25, 0.3) is 0 Å². The molecule has 2 aromatic carbocycles. The van der Waals surface area contributed by atoms with Gasteiger partial charge in [0, 0.05) is 60.8 Å². The summed E-state index contributed by atoms with van der Waals surface area (Å²) in [6, 6.07) is 3.95. The van der Waals surface area contributed by atoms with Crippen molar-refractivity contribution in [3.8, 4) is 23.0 Å². The molecule has 0 aliphatic heterocycles. The first-order chi connectivity index (χ1) is 27.6. The van der Waals surface area contributed by atoms with Crippen molar-refractivity contribution in [1.82, 2.24) is 15.5 Å². The predicted octanol–water partition coefficient (Wildman–Crippen LogP) is 9.17. The van der Waals surface area contributed by atoms with Crippen molar-refractivity contribution in [2.45, 2.75) is 132 Å². The molecule has 15 nitrogen and oxygen atoms in total. The number of fused-ring (bicyclic) bond motifs is 5. The van der Waals surface area contributed by atoms with Crippen LogP contribution in [-0.4, -0.2) is 68.0 Å². The van der Waals surface area contributed by atoms with E-state index in [2.05, 4.69) is 27.8 Å². The number of phenolic OH excluding ortho intramolecular Hbond substituents is 2. The van der Waals surface area contributed by atoms with Gasteiger partial charge >= 0.3 is 5.97 Å². The molecule has 57 heavy (non-hydrogen) atoms. The number of benzene rings is 2. The maximum absolute atomic E-state index is 13.8. The van der Waals surface area contributed by atoms with E-state index in [1.807, 2.05) is 0 Å². The number of ether oxygens (including phenoxy) is 2. The molecule has 5 rings (SSSR count). The van der Waals surface area contributed by atoms with Gasteiger partial charge in [-0.2, -0.15) is 0 Å². The number of carbonyl (C=O) groups excluding carboxylic acids is 2. The van der Waals surface area contributed by atoms with Gasteiger partial charge in [0.25, 0.3) is 11.6 Å². The van der Waals surface area contributed by atoms with Crippen molar-refractivity contribution in [2.24, 2.45) is 0 Å². The number of non-ortho nitro benzene ring substituents is 1. The van der Waals surface area contributed by atoms with Crippen molar-refractivity contribution >= 4 is 51.7 Å².